The number of aryl methyl sites for hydroxylation is 1. The molecule has 0 heterocycles. The molecule has 3 aromatic rings. The predicted octanol–water partition coefficient (Wildman–Crippen LogP) is 4.79. The minimum atomic E-state index is -0.703. The normalized spacial score (nSPS) is 11.6. The highest BCUT2D eigenvalue weighted by Crippen LogP contribution is 2.20. The van der Waals surface area contributed by atoms with Crippen LogP contribution in [0, 0.1) is 12.8 Å². The monoisotopic (exact) mass is 488 g/mol. The number of carbonyl (C=O) groups excluding carboxylic acids is 2. The number of hydrogen-bond acceptors (Lipinski definition) is 4. The molecule has 0 bridgehead atoms. The Labute approximate surface area is 214 Å². The lowest BCUT2D eigenvalue weighted by molar-refractivity contribution is -0.142. The molecule has 1 atom stereocenters. The van der Waals surface area contributed by atoms with E-state index in [1.807, 2.05) is 99.6 Å². The van der Waals surface area contributed by atoms with Crippen LogP contribution in [-0.4, -0.2) is 43.0 Å². The largest absolute Gasteiger partial charge is 0.497 e. The van der Waals surface area contributed by atoms with Gasteiger partial charge in [0.25, 0.3) is 5.91 Å². The number of nitrogens with one attached hydrogen (secondary N) is 1. The van der Waals surface area contributed by atoms with Crippen LogP contribution in [0.25, 0.3) is 0 Å². The Hall–Kier alpha value is -3.80. The van der Waals surface area contributed by atoms with E-state index in [0.29, 0.717) is 30.4 Å². The molecule has 1 N–H and O–H groups in total. The van der Waals surface area contributed by atoms with Gasteiger partial charge in [-0.1, -0.05) is 74.5 Å². The van der Waals surface area contributed by atoms with Crippen molar-refractivity contribution in [2.45, 2.75) is 39.8 Å². The summed E-state index contributed by atoms with van der Waals surface area (Å²) < 4.78 is 11.3. The van der Waals surface area contributed by atoms with Crippen LogP contribution >= 0.6 is 0 Å². The van der Waals surface area contributed by atoms with E-state index < -0.39 is 6.04 Å². The molecular weight excluding hydrogens is 452 g/mol. The third-order valence-electron chi connectivity index (χ3n) is 5.89. The maximum absolute atomic E-state index is 13.7. The van der Waals surface area contributed by atoms with Gasteiger partial charge < -0.3 is 19.7 Å². The number of rotatable bonds is 12. The summed E-state index contributed by atoms with van der Waals surface area (Å²) in [6.45, 7) is 6.64. The van der Waals surface area contributed by atoms with E-state index in [1.165, 1.54) is 0 Å². The van der Waals surface area contributed by atoms with Crippen LogP contribution in [0.3, 0.4) is 0 Å². The molecule has 6 heteroatoms. The second kappa shape index (κ2) is 13.3. The Bertz CT molecular complexity index is 1130. The predicted molar refractivity (Wildman–Crippen MR) is 142 cm³/mol. The second-order valence-corrected chi connectivity index (χ2v) is 9.27. The molecular formula is C30H36N2O4. The van der Waals surface area contributed by atoms with E-state index in [9.17, 15) is 9.59 Å². The number of hydrogen-bond donors (Lipinski definition) is 1. The molecule has 0 aliphatic carbocycles. The summed E-state index contributed by atoms with van der Waals surface area (Å²) in [5.41, 5.74) is 2.79. The Kier molecular flexibility index (Phi) is 9.92. The smallest absolute Gasteiger partial charge is 0.261 e. The van der Waals surface area contributed by atoms with E-state index >= 15 is 0 Å². The molecule has 0 saturated carbocycles. The molecule has 190 valence electrons. The van der Waals surface area contributed by atoms with Crippen LogP contribution in [0.15, 0.2) is 78.9 Å². The van der Waals surface area contributed by atoms with Gasteiger partial charge in [0, 0.05) is 19.5 Å². The molecule has 3 rings (SSSR count). The minimum absolute atomic E-state index is 0.169. The Balaban J connectivity index is 1.92. The van der Waals surface area contributed by atoms with Crippen molar-refractivity contribution >= 4 is 11.8 Å². The molecule has 0 unspecified atom stereocenters. The Morgan fingerprint density at radius 3 is 2.31 bits per heavy atom. The third-order valence-corrected chi connectivity index (χ3v) is 5.89. The van der Waals surface area contributed by atoms with Gasteiger partial charge in [-0.2, -0.15) is 0 Å². The van der Waals surface area contributed by atoms with Crippen molar-refractivity contribution in [3.05, 3.63) is 95.6 Å². The first-order chi connectivity index (χ1) is 17.4. The van der Waals surface area contributed by atoms with Crippen LogP contribution in [0.1, 0.15) is 30.5 Å². The number of ether oxygens (including phenoxy) is 2. The minimum Gasteiger partial charge on any atom is -0.497 e. The number of para-hydroxylation sites is 1. The zero-order valence-electron chi connectivity index (χ0n) is 21.6. The highest BCUT2D eigenvalue weighted by molar-refractivity contribution is 5.88. The second-order valence-electron chi connectivity index (χ2n) is 9.27. The lowest BCUT2D eigenvalue weighted by Crippen LogP contribution is -2.52. The van der Waals surface area contributed by atoms with Crippen molar-refractivity contribution in [1.29, 1.82) is 0 Å². The quantitative estimate of drug-likeness (QED) is 0.398. The fraction of sp³-hybridized carbons (Fsp3) is 0.333. The van der Waals surface area contributed by atoms with Crippen molar-refractivity contribution in [1.82, 2.24) is 10.2 Å². The molecule has 2 amide bonds. The van der Waals surface area contributed by atoms with Gasteiger partial charge >= 0.3 is 0 Å². The van der Waals surface area contributed by atoms with E-state index in [2.05, 4.69) is 5.32 Å². The van der Waals surface area contributed by atoms with E-state index in [0.717, 1.165) is 16.7 Å². The summed E-state index contributed by atoms with van der Waals surface area (Å²) in [5, 5.41) is 3.03. The third kappa shape index (κ3) is 7.87. The van der Waals surface area contributed by atoms with E-state index in [4.69, 9.17) is 9.47 Å². The fourth-order valence-electron chi connectivity index (χ4n) is 3.88. The summed E-state index contributed by atoms with van der Waals surface area (Å²) >= 11 is 0. The molecule has 0 saturated heterocycles. The summed E-state index contributed by atoms with van der Waals surface area (Å²) in [7, 11) is 1.61. The van der Waals surface area contributed by atoms with Gasteiger partial charge in [0.05, 0.1) is 7.11 Å². The van der Waals surface area contributed by atoms with Crippen molar-refractivity contribution in [2.75, 3.05) is 20.3 Å². The van der Waals surface area contributed by atoms with Crippen LogP contribution < -0.4 is 14.8 Å². The van der Waals surface area contributed by atoms with Gasteiger partial charge in [-0.05, 0) is 47.7 Å². The topological polar surface area (TPSA) is 67.9 Å². The SMILES string of the molecule is COc1cccc(CN(C(=O)COc2ccccc2C)[C@H](Cc2ccccc2)C(=O)NCC(C)C)c1. The van der Waals surface area contributed by atoms with Crippen LogP contribution in [0.5, 0.6) is 11.5 Å². The average Bonchev–Trinajstić information content (AvgIpc) is 2.89. The number of amides is 2. The number of benzene rings is 3. The summed E-state index contributed by atoms with van der Waals surface area (Å²) in [4.78, 5) is 28.7. The van der Waals surface area contributed by atoms with Crippen molar-refractivity contribution in [3.63, 3.8) is 0 Å². The highest BCUT2D eigenvalue weighted by Gasteiger charge is 2.31. The highest BCUT2D eigenvalue weighted by atomic mass is 16.5. The summed E-state index contributed by atoms with van der Waals surface area (Å²) in [5.74, 6) is 1.19. The first kappa shape index (κ1) is 26.8. The van der Waals surface area contributed by atoms with E-state index in [-0.39, 0.29) is 25.0 Å². The first-order valence-corrected chi connectivity index (χ1v) is 12.3. The molecule has 0 radical (unpaired) electrons. The number of carbonyl (C=O) groups is 2. The van der Waals surface area contributed by atoms with Crippen molar-refractivity contribution in [3.8, 4) is 11.5 Å². The van der Waals surface area contributed by atoms with Gasteiger partial charge in [0.15, 0.2) is 6.61 Å². The van der Waals surface area contributed by atoms with Gasteiger partial charge in [-0.15, -0.1) is 0 Å². The van der Waals surface area contributed by atoms with Gasteiger partial charge in [-0.3, -0.25) is 9.59 Å². The molecule has 0 spiro atoms. The number of nitrogens with zero attached hydrogens (tertiary/aromatic N) is 1. The average molecular weight is 489 g/mol. The fourth-order valence-corrected chi connectivity index (χ4v) is 3.88. The standard InChI is InChI=1S/C30H36N2O4/c1-22(2)19-31-30(34)27(18-24-12-6-5-7-13-24)32(20-25-14-10-15-26(17-25)35-4)29(33)21-36-28-16-9-8-11-23(28)3/h5-17,22,27H,18-21H2,1-4H3,(H,31,34)/t27-/m1/s1. The molecule has 0 aliphatic rings. The molecule has 3 aromatic carbocycles. The van der Waals surface area contributed by atoms with Crippen molar-refractivity contribution in [2.24, 2.45) is 5.92 Å². The van der Waals surface area contributed by atoms with Crippen LogP contribution in [0.4, 0.5) is 0 Å². The lowest BCUT2D eigenvalue weighted by atomic mass is 10.0. The summed E-state index contributed by atoms with van der Waals surface area (Å²) in [6.07, 6.45) is 0.394. The van der Waals surface area contributed by atoms with Gasteiger partial charge in [-0.25, -0.2) is 0 Å². The Morgan fingerprint density at radius 1 is 0.917 bits per heavy atom. The van der Waals surface area contributed by atoms with Gasteiger partial charge in [0.2, 0.25) is 5.91 Å². The van der Waals surface area contributed by atoms with Crippen LogP contribution in [0.2, 0.25) is 0 Å². The Morgan fingerprint density at radius 2 is 1.61 bits per heavy atom. The van der Waals surface area contributed by atoms with E-state index in [1.54, 1.807) is 12.0 Å². The molecule has 0 aromatic heterocycles. The van der Waals surface area contributed by atoms with Gasteiger partial charge in [0.1, 0.15) is 17.5 Å². The zero-order valence-corrected chi connectivity index (χ0v) is 21.6. The molecule has 0 fully saturated rings. The van der Waals surface area contributed by atoms with Crippen molar-refractivity contribution < 1.29 is 19.1 Å². The summed E-state index contributed by atoms with van der Waals surface area (Å²) in [6, 6.07) is 24.2. The maximum atomic E-state index is 13.7. The molecule has 0 aliphatic heterocycles. The van der Waals surface area contributed by atoms with Crippen LogP contribution in [-0.2, 0) is 22.6 Å². The molecule has 6 nitrogen and oxygen atoms in total. The molecule has 36 heavy (non-hydrogen) atoms. The maximum Gasteiger partial charge on any atom is 0.261 e. The zero-order chi connectivity index (χ0) is 25.9. The first-order valence-electron chi connectivity index (χ1n) is 12.3. The number of methoxy groups -OCH3 is 1. The lowest BCUT2D eigenvalue weighted by Gasteiger charge is -2.32.